The van der Waals surface area contributed by atoms with E-state index in [2.05, 4.69) is 76.2 Å². The predicted octanol–water partition coefficient (Wildman–Crippen LogP) is 8.97. The van der Waals surface area contributed by atoms with Crippen LogP contribution in [0.1, 0.15) is 103 Å². The Balaban J connectivity index is 2.07. The van der Waals surface area contributed by atoms with Crippen LogP contribution in [0.2, 0.25) is 0 Å². The van der Waals surface area contributed by atoms with Crippen molar-refractivity contribution < 1.29 is 0 Å². The van der Waals surface area contributed by atoms with Crippen molar-refractivity contribution in [2.24, 2.45) is 11.8 Å². The van der Waals surface area contributed by atoms with Crippen LogP contribution in [-0.2, 0) is 5.41 Å². The molecule has 0 spiro atoms. The SMILES string of the molecule is CCCCC(CC)CC1(CC(CC)CCCC)c2cc[c]cc2-c2ccccc21. The summed E-state index contributed by atoms with van der Waals surface area (Å²) in [6.07, 6.45) is 13.3. The van der Waals surface area contributed by atoms with Crippen LogP contribution in [-0.4, -0.2) is 0 Å². The fourth-order valence-corrected chi connectivity index (χ4v) is 5.75. The summed E-state index contributed by atoms with van der Waals surface area (Å²) >= 11 is 0. The minimum absolute atomic E-state index is 0.184. The molecule has 157 valence electrons. The second-order valence-electron chi connectivity index (χ2n) is 9.34. The van der Waals surface area contributed by atoms with E-state index in [1.54, 1.807) is 11.1 Å². The van der Waals surface area contributed by atoms with Crippen LogP contribution < -0.4 is 0 Å². The first kappa shape index (κ1) is 22.1. The minimum Gasteiger partial charge on any atom is -0.0654 e. The van der Waals surface area contributed by atoms with E-state index in [1.165, 1.54) is 75.3 Å². The Hall–Kier alpha value is -1.56. The number of benzene rings is 2. The Morgan fingerprint density at radius 1 is 0.759 bits per heavy atom. The third-order valence-electron chi connectivity index (χ3n) is 7.47. The molecule has 0 saturated heterocycles. The van der Waals surface area contributed by atoms with Crippen LogP contribution in [0.15, 0.2) is 42.5 Å². The van der Waals surface area contributed by atoms with Crippen molar-refractivity contribution in [1.82, 2.24) is 0 Å². The maximum Gasteiger partial charge on any atom is 0.0220 e. The van der Waals surface area contributed by atoms with Gasteiger partial charge in [-0.1, -0.05) is 115 Å². The highest BCUT2D eigenvalue weighted by Crippen LogP contribution is 2.55. The Labute approximate surface area is 180 Å². The largest absolute Gasteiger partial charge is 0.0654 e. The van der Waals surface area contributed by atoms with Gasteiger partial charge in [0.1, 0.15) is 0 Å². The molecule has 2 aromatic rings. The number of unbranched alkanes of at least 4 members (excludes halogenated alkanes) is 2. The molecule has 29 heavy (non-hydrogen) atoms. The first-order valence-electron chi connectivity index (χ1n) is 12.3. The third kappa shape index (κ3) is 4.62. The van der Waals surface area contributed by atoms with Crippen molar-refractivity contribution in [2.45, 2.75) is 97.3 Å². The van der Waals surface area contributed by atoms with Gasteiger partial charge in [0.2, 0.25) is 0 Å². The van der Waals surface area contributed by atoms with Crippen LogP contribution >= 0.6 is 0 Å². The van der Waals surface area contributed by atoms with E-state index < -0.39 is 0 Å². The average molecular weight is 390 g/mol. The van der Waals surface area contributed by atoms with Crippen LogP contribution in [0.5, 0.6) is 0 Å². The quantitative estimate of drug-likeness (QED) is 0.340. The molecule has 0 N–H and O–H groups in total. The van der Waals surface area contributed by atoms with Gasteiger partial charge in [-0.3, -0.25) is 0 Å². The third-order valence-corrected chi connectivity index (χ3v) is 7.47. The maximum atomic E-state index is 3.37. The molecular weight excluding hydrogens is 348 g/mol. The molecule has 0 aromatic heterocycles. The van der Waals surface area contributed by atoms with Gasteiger partial charge in [0.25, 0.3) is 0 Å². The lowest BCUT2D eigenvalue weighted by atomic mass is 9.65. The van der Waals surface area contributed by atoms with E-state index in [-0.39, 0.29) is 5.41 Å². The van der Waals surface area contributed by atoms with Crippen LogP contribution in [0.3, 0.4) is 0 Å². The second-order valence-corrected chi connectivity index (χ2v) is 9.34. The molecule has 1 aliphatic carbocycles. The lowest BCUT2D eigenvalue weighted by Crippen LogP contribution is -2.31. The van der Waals surface area contributed by atoms with E-state index in [0.29, 0.717) is 0 Å². The molecule has 2 unspecified atom stereocenters. The summed E-state index contributed by atoms with van der Waals surface area (Å²) in [6.45, 7) is 9.47. The topological polar surface area (TPSA) is 0 Å². The molecule has 2 aromatic carbocycles. The van der Waals surface area contributed by atoms with Crippen molar-refractivity contribution >= 4 is 0 Å². The molecule has 1 radical (unpaired) electrons. The number of hydrogen-bond donors (Lipinski definition) is 0. The fraction of sp³-hybridized carbons (Fsp3) is 0.586. The summed E-state index contributed by atoms with van der Waals surface area (Å²) in [6, 6.07) is 19.4. The van der Waals surface area contributed by atoms with Crippen molar-refractivity contribution in [2.75, 3.05) is 0 Å². The first-order chi connectivity index (χ1) is 14.2. The van der Waals surface area contributed by atoms with Crippen molar-refractivity contribution in [3.63, 3.8) is 0 Å². The molecule has 0 heteroatoms. The molecule has 0 fully saturated rings. The molecule has 0 aliphatic heterocycles. The Morgan fingerprint density at radius 3 is 1.93 bits per heavy atom. The van der Waals surface area contributed by atoms with Crippen LogP contribution in [0.25, 0.3) is 11.1 Å². The Kier molecular flexibility index (Phi) is 7.99. The van der Waals surface area contributed by atoms with Crippen LogP contribution in [0.4, 0.5) is 0 Å². The number of hydrogen-bond acceptors (Lipinski definition) is 0. The zero-order valence-electron chi connectivity index (χ0n) is 19.3. The molecule has 0 amide bonds. The first-order valence-corrected chi connectivity index (χ1v) is 12.3. The van der Waals surface area contributed by atoms with E-state index in [9.17, 15) is 0 Å². The maximum absolute atomic E-state index is 3.37. The van der Waals surface area contributed by atoms with Gasteiger partial charge in [0.15, 0.2) is 0 Å². The molecule has 2 atom stereocenters. The van der Waals surface area contributed by atoms with Gasteiger partial charge in [0, 0.05) is 5.41 Å². The van der Waals surface area contributed by atoms with Crippen molar-refractivity contribution in [3.8, 4) is 11.1 Å². The number of rotatable bonds is 12. The monoisotopic (exact) mass is 389 g/mol. The van der Waals surface area contributed by atoms with Gasteiger partial charge in [-0.2, -0.15) is 0 Å². The van der Waals surface area contributed by atoms with Gasteiger partial charge >= 0.3 is 0 Å². The zero-order valence-corrected chi connectivity index (χ0v) is 19.3. The molecular formula is C29H41. The van der Waals surface area contributed by atoms with Gasteiger partial charge in [-0.15, -0.1) is 0 Å². The fourth-order valence-electron chi connectivity index (χ4n) is 5.75. The molecule has 0 heterocycles. The smallest absolute Gasteiger partial charge is 0.0220 e. The zero-order chi connectivity index (χ0) is 20.7. The Bertz CT molecular complexity index is 691. The lowest BCUT2D eigenvalue weighted by molar-refractivity contribution is 0.266. The van der Waals surface area contributed by atoms with Gasteiger partial charge in [-0.25, -0.2) is 0 Å². The molecule has 0 saturated carbocycles. The normalized spacial score (nSPS) is 16.3. The average Bonchev–Trinajstić information content (AvgIpc) is 3.04. The standard InChI is InChI=1S/C29H41/c1-5-9-15-23(7-3)21-29(22-24(8-4)16-10-6-2)27-19-13-11-17-25(27)26-18-12-14-20-28(26)29/h11,13-14,17-20,23-24H,5-10,15-16,21-22H2,1-4H3. The summed E-state index contributed by atoms with van der Waals surface area (Å²) < 4.78 is 0. The minimum atomic E-state index is 0.184. The highest BCUT2D eigenvalue weighted by Gasteiger charge is 2.44. The second kappa shape index (κ2) is 10.5. The van der Waals surface area contributed by atoms with E-state index in [4.69, 9.17) is 0 Å². The predicted molar refractivity (Wildman–Crippen MR) is 127 cm³/mol. The highest BCUT2D eigenvalue weighted by atomic mass is 14.5. The van der Waals surface area contributed by atoms with Crippen molar-refractivity contribution in [3.05, 3.63) is 59.7 Å². The molecule has 0 bridgehead atoms. The summed E-state index contributed by atoms with van der Waals surface area (Å²) in [5, 5.41) is 0. The van der Waals surface area contributed by atoms with E-state index >= 15 is 0 Å². The summed E-state index contributed by atoms with van der Waals surface area (Å²) in [7, 11) is 0. The highest BCUT2D eigenvalue weighted by molar-refractivity contribution is 5.80. The summed E-state index contributed by atoms with van der Waals surface area (Å²) in [4.78, 5) is 0. The lowest BCUT2D eigenvalue weighted by Gasteiger charge is -2.38. The summed E-state index contributed by atoms with van der Waals surface area (Å²) in [5.41, 5.74) is 6.28. The van der Waals surface area contributed by atoms with Crippen LogP contribution in [0, 0.1) is 17.9 Å². The number of fused-ring (bicyclic) bond motifs is 3. The van der Waals surface area contributed by atoms with Gasteiger partial charge in [-0.05, 0) is 59.1 Å². The molecule has 0 nitrogen and oxygen atoms in total. The van der Waals surface area contributed by atoms with E-state index in [0.717, 1.165) is 11.8 Å². The molecule has 1 aliphatic rings. The Morgan fingerprint density at radius 2 is 1.34 bits per heavy atom. The van der Waals surface area contributed by atoms with Gasteiger partial charge < -0.3 is 0 Å². The summed E-state index contributed by atoms with van der Waals surface area (Å²) in [5.74, 6) is 1.61. The van der Waals surface area contributed by atoms with Gasteiger partial charge in [0.05, 0.1) is 0 Å². The van der Waals surface area contributed by atoms with E-state index in [1.807, 2.05) is 0 Å². The molecule has 3 rings (SSSR count). The van der Waals surface area contributed by atoms with Crippen molar-refractivity contribution in [1.29, 1.82) is 0 Å².